The van der Waals surface area contributed by atoms with Crippen molar-refractivity contribution in [1.82, 2.24) is 10.3 Å². The summed E-state index contributed by atoms with van der Waals surface area (Å²) in [4.78, 5) is 4.70. The van der Waals surface area contributed by atoms with Crippen LogP contribution in [0, 0.1) is 0 Å². The standard InChI is InChI=1S/C15H25N3/c1-10(2)14-7-12(9-16-11(3)4)8-15(18-14)17-13-5-6-13/h7-8,10-11,13,16H,5-6,9H2,1-4H3,(H,17,18). The number of rotatable bonds is 6. The first kappa shape index (κ1) is 13.3. The summed E-state index contributed by atoms with van der Waals surface area (Å²) in [5.41, 5.74) is 2.51. The molecule has 0 spiro atoms. The fourth-order valence-electron chi connectivity index (χ4n) is 1.84. The minimum absolute atomic E-state index is 0.476. The van der Waals surface area contributed by atoms with Crippen LogP contribution in [0.25, 0.3) is 0 Å². The van der Waals surface area contributed by atoms with Crippen LogP contribution in [0.15, 0.2) is 12.1 Å². The quantitative estimate of drug-likeness (QED) is 0.810. The fourth-order valence-corrected chi connectivity index (χ4v) is 1.84. The van der Waals surface area contributed by atoms with Gasteiger partial charge in [0.1, 0.15) is 5.82 Å². The zero-order valence-corrected chi connectivity index (χ0v) is 12.0. The van der Waals surface area contributed by atoms with E-state index in [0.717, 1.165) is 12.4 Å². The lowest BCUT2D eigenvalue weighted by Crippen LogP contribution is -2.22. The Bertz CT molecular complexity index is 395. The number of nitrogens with one attached hydrogen (secondary N) is 2. The van der Waals surface area contributed by atoms with Crippen LogP contribution in [-0.2, 0) is 6.54 Å². The lowest BCUT2D eigenvalue weighted by Gasteiger charge is -2.14. The lowest BCUT2D eigenvalue weighted by atomic mass is 10.1. The predicted molar refractivity (Wildman–Crippen MR) is 76.9 cm³/mol. The van der Waals surface area contributed by atoms with Gasteiger partial charge in [0, 0.05) is 24.3 Å². The molecule has 0 unspecified atom stereocenters. The van der Waals surface area contributed by atoms with E-state index in [2.05, 4.69) is 50.5 Å². The monoisotopic (exact) mass is 247 g/mol. The molecule has 1 heterocycles. The zero-order chi connectivity index (χ0) is 13.1. The molecule has 2 N–H and O–H groups in total. The summed E-state index contributed by atoms with van der Waals surface area (Å²) >= 11 is 0. The molecule has 18 heavy (non-hydrogen) atoms. The maximum Gasteiger partial charge on any atom is 0.126 e. The van der Waals surface area contributed by atoms with E-state index in [-0.39, 0.29) is 0 Å². The zero-order valence-electron chi connectivity index (χ0n) is 12.0. The van der Waals surface area contributed by atoms with Crippen molar-refractivity contribution >= 4 is 5.82 Å². The average molecular weight is 247 g/mol. The molecule has 3 nitrogen and oxygen atoms in total. The van der Waals surface area contributed by atoms with E-state index in [4.69, 9.17) is 4.98 Å². The average Bonchev–Trinajstić information content (AvgIpc) is 3.10. The predicted octanol–water partition coefficient (Wildman–Crippen LogP) is 3.28. The van der Waals surface area contributed by atoms with Crippen molar-refractivity contribution < 1.29 is 0 Å². The highest BCUT2D eigenvalue weighted by Gasteiger charge is 2.21. The molecule has 0 bridgehead atoms. The van der Waals surface area contributed by atoms with Crippen LogP contribution in [0.2, 0.25) is 0 Å². The van der Waals surface area contributed by atoms with E-state index in [1.165, 1.54) is 24.1 Å². The molecule has 1 aliphatic carbocycles. The normalized spacial score (nSPS) is 15.4. The van der Waals surface area contributed by atoms with Crippen molar-refractivity contribution in [3.05, 3.63) is 23.4 Å². The minimum Gasteiger partial charge on any atom is -0.367 e. The van der Waals surface area contributed by atoms with E-state index in [0.29, 0.717) is 18.0 Å². The Morgan fingerprint density at radius 2 is 1.94 bits per heavy atom. The second-order valence-corrected chi connectivity index (χ2v) is 5.89. The Balaban J connectivity index is 2.12. The molecule has 100 valence electrons. The highest BCUT2D eigenvalue weighted by atomic mass is 15.0. The first-order valence-electron chi connectivity index (χ1n) is 7.05. The van der Waals surface area contributed by atoms with Gasteiger partial charge in [-0.25, -0.2) is 4.98 Å². The highest BCUT2D eigenvalue weighted by molar-refractivity contribution is 5.42. The van der Waals surface area contributed by atoms with E-state index >= 15 is 0 Å². The summed E-state index contributed by atoms with van der Waals surface area (Å²) in [5.74, 6) is 1.52. The van der Waals surface area contributed by atoms with Gasteiger partial charge in [-0.1, -0.05) is 27.7 Å². The summed E-state index contributed by atoms with van der Waals surface area (Å²) in [6.45, 7) is 9.66. The van der Waals surface area contributed by atoms with Crippen LogP contribution in [0.5, 0.6) is 0 Å². The molecule has 1 aromatic heterocycles. The number of hydrogen-bond acceptors (Lipinski definition) is 3. The van der Waals surface area contributed by atoms with Crippen molar-refractivity contribution in [3.8, 4) is 0 Å². The summed E-state index contributed by atoms with van der Waals surface area (Å²) in [6, 6.07) is 5.57. The van der Waals surface area contributed by atoms with Crippen molar-refractivity contribution in [3.63, 3.8) is 0 Å². The van der Waals surface area contributed by atoms with Gasteiger partial charge in [0.15, 0.2) is 0 Å². The van der Waals surface area contributed by atoms with Crippen LogP contribution >= 0.6 is 0 Å². The molecule has 2 rings (SSSR count). The van der Waals surface area contributed by atoms with Crippen molar-refractivity contribution in [1.29, 1.82) is 0 Å². The van der Waals surface area contributed by atoms with Crippen molar-refractivity contribution in [2.45, 2.75) is 65.1 Å². The Morgan fingerprint density at radius 3 is 2.50 bits per heavy atom. The second-order valence-electron chi connectivity index (χ2n) is 5.89. The van der Waals surface area contributed by atoms with Gasteiger partial charge in [0.05, 0.1) is 0 Å². The second kappa shape index (κ2) is 5.70. The molecule has 0 aromatic carbocycles. The summed E-state index contributed by atoms with van der Waals surface area (Å²) in [5, 5.41) is 6.97. The third-order valence-electron chi connectivity index (χ3n) is 3.14. The SMILES string of the molecule is CC(C)NCc1cc(NC2CC2)nc(C(C)C)c1. The van der Waals surface area contributed by atoms with Crippen LogP contribution < -0.4 is 10.6 Å². The van der Waals surface area contributed by atoms with E-state index in [1.807, 2.05) is 0 Å². The van der Waals surface area contributed by atoms with Gasteiger partial charge < -0.3 is 10.6 Å². The number of aromatic nitrogens is 1. The number of anilines is 1. The summed E-state index contributed by atoms with van der Waals surface area (Å²) in [7, 11) is 0. The third-order valence-corrected chi connectivity index (χ3v) is 3.14. The largest absolute Gasteiger partial charge is 0.367 e. The molecular weight excluding hydrogens is 222 g/mol. The van der Waals surface area contributed by atoms with Gasteiger partial charge in [0.25, 0.3) is 0 Å². The fraction of sp³-hybridized carbons (Fsp3) is 0.667. The summed E-state index contributed by atoms with van der Waals surface area (Å²) in [6.07, 6.45) is 2.57. The van der Waals surface area contributed by atoms with Gasteiger partial charge in [-0.05, 0) is 36.5 Å². The molecule has 1 aromatic rings. The Kier molecular flexibility index (Phi) is 4.23. The van der Waals surface area contributed by atoms with Crippen LogP contribution in [-0.4, -0.2) is 17.1 Å². The van der Waals surface area contributed by atoms with E-state index in [1.54, 1.807) is 0 Å². The summed E-state index contributed by atoms with van der Waals surface area (Å²) < 4.78 is 0. The maximum absolute atomic E-state index is 4.70. The van der Waals surface area contributed by atoms with Gasteiger partial charge >= 0.3 is 0 Å². The first-order chi connectivity index (χ1) is 8.54. The van der Waals surface area contributed by atoms with Crippen molar-refractivity contribution in [2.75, 3.05) is 5.32 Å². The molecule has 0 radical (unpaired) electrons. The lowest BCUT2D eigenvalue weighted by molar-refractivity contribution is 0.588. The molecule has 1 fully saturated rings. The van der Waals surface area contributed by atoms with Gasteiger partial charge in [-0.3, -0.25) is 0 Å². The van der Waals surface area contributed by atoms with Gasteiger partial charge in [0.2, 0.25) is 0 Å². The molecule has 1 aliphatic rings. The molecule has 0 saturated heterocycles. The van der Waals surface area contributed by atoms with Crippen LogP contribution in [0.1, 0.15) is 57.7 Å². The number of hydrogen-bond donors (Lipinski definition) is 2. The van der Waals surface area contributed by atoms with Crippen LogP contribution in [0.3, 0.4) is 0 Å². The van der Waals surface area contributed by atoms with E-state index < -0.39 is 0 Å². The molecule has 1 saturated carbocycles. The van der Waals surface area contributed by atoms with Crippen molar-refractivity contribution in [2.24, 2.45) is 0 Å². The van der Waals surface area contributed by atoms with E-state index in [9.17, 15) is 0 Å². The molecule has 0 amide bonds. The van der Waals surface area contributed by atoms with Gasteiger partial charge in [-0.15, -0.1) is 0 Å². The maximum atomic E-state index is 4.70. The number of pyridine rings is 1. The minimum atomic E-state index is 0.476. The Morgan fingerprint density at radius 1 is 1.22 bits per heavy atom. The third kappa shape index (κ3) is 3.98. The van der Waals surface area contributed by atoms with Crippen LogP contribution in [0.4, 0.5) is 5.82 Å². The first-order valence-corrected chi connectivity index (χ1v) is 7.05. The Labute approximate surface area is 110 Å². The molecule has 3 heteroatoms. The molecular formula is C15H25N3. The highest BCUT2D eigenvalue weighted by Crippen LogP contribution is 2.25. The number of nitrogens with zero attached hydrogens (tertiary/aromatic N) is 1. The molecule has 0 aliphatic heterocycles. The Hall–Kier alpha value is -1.09. The van der Waals surface area contributed by atoms with Gasteiger partial charge in [-0.2, -0.15) is 0 Å². The smallest absolute Gasteiger partial charge is 0.126 e. The topological polar surface area (TPSA) is 37.0 Å². The molecule has 0 atom stereocenters.